The van der Waals surface area contributed by atoms with Gasteiger partial charge in [0.15, 0.2) is 5.96 Å². The van der Waals surface area contributed by atoms with Gasteiger partial charge in [0.05, 0.1) is 12.2 Å². The van der Waals surface area contributed by atoms with E-state index in [1.807, 2.05) is 0 Å². The van der Waals surface area contributed by atoms with Crippen molar-refractivity contribution in [1.29, 1.82) is 0 Å². The zero-order valence-corrected chi connectivity index (χ0v) is 18.5. The predicted molar refractivity (Wildman–Crippen MR) is 115 cm³/mol. The Labute approximate surface area is 167 Å². The first kappa shape index (κ1) is 21.6. The van der Waals surface area contributed by atoms with Gasteiger partial charge in [0.25, 0.3) is 0 Å². The Morgan fingerprint density at radius 2 is 2.21 bits per heavy atom. The van der Waals surface area contributed by atoms with Crippen molar-refractivity contribution in [3.8, 4) is 0 Å². The Morgan fingerprint density at radius 3 is 2.83 bits per heavy atom. The Bertz CT molecular complexity index is 503. The maximum atomic E-state index is 4.69. The Hall–Kier alpha value is -0.410. The summed E-state index contributed by atoms with van der Waals surface area (Å²) in [5.74, 6) is 1.38. The van der Waals surface area contributed by atoms with E-state index in [-0.39, 0.29) is 24.0 Å². The molecule has 1 aliphatic heterocycles. The molecule has 0 spiro atoms. The number of aromatic nitrogens is 1. The normalized spacial score (nSPS) is 18.7. The number of nitrogens with one attached hydrogen (secondary N) is 2. The second-order valence-electron chi connectivity index (χ2n) is 6.32. The van der Waals surface area contributed by atoms with Gasteiger partial charge in [-0.15, -0.1) is 35.3 Å². The maximum Gasteiger partial charge on any atom is 0.191 e. The number of thiazole rings is 1. The summed E-state index contributed by atoms with van der Waals surface area (Å²) in [6.45, 7) is 13.6. The van der Waals surface area contributed by atoms with Crippen LogP contribution in [0.25, 0.3) is 0 Å². The molecule has 0 amide bonds. The van der Waals surface area contributed by atoms with Crippen LogP contribution < -0.4 is 10.6 Å². The highest BCUT2D eigenvalue weighted by Crippen LogP contribution is 2.18. The SMILES string of the molecule is CCNC(=NCc1nc(C(C)C)cs1)NCC1CCCN1CC.I. The lowest BCUT2D eigenvalue weighted by Gasteiger charge is -2.23. The quantitative estimate of drug-likeness (QED) is 0.368. The molecule has 7 heteroatoms. The van der Waals surface area contributed by atoms with Gasteiger partial charge in [0.2, 0.25) is 0 Å². The largest absolute Gasteiger partial charge is 0.357 e. The van der Waals surface area contributed by atoms with E-state index < -0.39 is 0 Å². The standard InChI is InChI=1S/C17H31N5S.HI/c1-5-18-17(19-10-14-8-7-9-22(14)6-2)20-11-16-21-15(12-23-16)13(3)4;/h12-14H,5-11H2,1-4H3,(H2,18,19,20);1H. The molecule has 24 heavy (non-hydrogen) atoms. The Balaban J connectivity index is 0.00000288. The highest BCUT2D eigenvalue weighted by molar-refractivity contribution is 14.0. The van der Waals surface area contributed by atoms with Gasteiger partial charge in [0.1, 0.15) is 5.01 Å². The van der Waals surface area contributed by atoms with Crippen molar-refractivity contribution in [1.82, 2.24) is 20.5 Å². The van der Waals surface area contributed by atoms with E-state index in [1.54, 1.807) is 11.3 Å². The van der Waals surface area contributed by atoms with Crippen LogP contribution in [0.2, 0.25) is 0 Å². The minimum Gasteiger partial charge on any atom is -0.357 e. The van der Waals surface area contributed by atoms with Gasteiger partial charge in [-0.1, -0.05) is 20.8 Å². The molecule has 0 saturated carbocycles. The molecule has 2 N–H and O–H groups in total. The summed E-state index contributed by atoms with van der Waals surface area (Å²) in [5.41, 5.74) is 1.17. The molecule has 0 aromatic carbocycles. The van der Waals surface area contributed by atoms with Crippen LogP contribution in [0.1, 0.15) is 57.2 Å². The third kappa shape index (κ3) is 6.48. The van der Waals surface area contributed by atoms with Crippen molar-refractivity contribution in [2.24, 2.45) is 4.99 Å². The van der Waals surface area contributed by atoms with Crippen molar-refractivity contribution in [2.75, 3.05) is 26.2 Å². The number of hydrogen-bond donors (Lipinski definition) is 2. The molecule has 1 aromatic heterocycles. The first-order valence-electron chi connectivity index (χ1n) is 8.84. The van der Waals surface area contributed by atoms with Crippen LogP contribution in [0, 0.1) is 0 Å². The van der Waals surface area contributed by atoms with Gasteiger partial charge in [-0.25, -0.2) is 9.98 Å². The number of likely N-dealkylation sites (N-methyl/N-ethyl adjacent to an activating group) is 1. The minimum absolute atomic E-state index is 0. The number of guanidine groups is 1. The fourth-order valence-electron chi connectivity index (χ4n) is 2.91. The Morgan fingerprint density at radius 1 is 1.42 bits per heavy atom. The van der Waals surface area contributed by atoms with E-state index in [0.717, 1.165) is 30.6 Å². The molecule has 1 fully saturated rings. The molecule has 5 nitrogen and oxygen atoms in total. The van der Waals surface area contributed by atoms with Crippen LogP contribution >= 0.6 is 35.3 Å². The number of hydrogen-bond acceptors (Lipinski definition) is 4. The molecule has 2 rings (SSSR count). The highest BCUT2D eigenvalue weighted by Gasteiger charge is 2.22. The summed E-state index contributed by atoms with van der Waals surface area (Å²) in [5, 5.41) is 10.1. The molecule has 138 valence electrons. The lowest BCUT2D eigenvalue weighted by Crippen LogP contribution is -2.44. The number of nitrogens with zero attached hydrogens (tertiary/aromatic N) is 3. The average Bonchev–Trinajstić information content (AvgIpc) is 3.18. The minimum atomic E-state index is 0. The summed E-state index contributed by atoms with van der Waals surface area (Å²) in [6.07, 6.45) is 2.59. The van der Waals surface area contributed by atoms with E-state index in [0.29, 0.717) is 18.5 Å². The molecule has 1 unspecified atom stereocenters. The first-order valence-corrected chi connectivity index (χ1v) is 9.72. The van der Waals surface area contributed by atoms with E-state index in [2.05, 4.69) is 53.6 Å². The van der Waals surface area contributed by atoms with Crippen LogP contribution in [-0.4, -0.2) is 48.1 Å². The lowest BCUT2D eigenvalue weighted by atomic mass is 10.2. The van der Waals surface area contributed by atoms with E-state index in [9.17, 15) is 0 Å². The third-order valence-electron chi connectivity index (χ3n) is 4.29. The number of halogens is 1. The molecule has 1 aromatic rings. The number of likely N-dealkylation sites (tertiary alicyclic amines) is 1. The van der Waals surface area contributed by atoms with E-state index >= 15 is 0 Å². The Kier molecular flexibility index (Phi) is 10.1. The molecular weight excluding hydrogens is 433 g/mol. The van der Waals surface area contributed by atoms with Crippen LogP contribution in [0.4, 0.5) is 0 Å². The van der Waals surface area contributed by atoms with Crippen molar-refractivity contribution in [3.63, 3.8) is 0 Å². The lowest BCUT2D eigenvalue weighted by molar-refractivity contribution is 0.267. The second-order valence-corrected chi connectivity index (χ2v) is 7.26. The number of rotatable bonds is 7. The molecule has 1 aliphatic rings. The van der Waals surface area contributed by atoms with Crippen molar-refractivity contribution in [2.45, 2.75) is 59.0 Å². The second kappa shape index (κ2) is 11.3. The van der Waals surface area contributed by atoms with Gasteiger partial charge in [-0.3, -0.25) is 4.90 Å². The summed E-state index contributed by atoms with van der Waals surface area (Å²) >= 11 is 1.70. The summed E-state index contributed by atoms with van der Waals surface area (Å²) < 4.78 is 0. The molecule has 2 heterocycles. The predicted octanol–water partition coefficient (Wildman–Crippen LogP) is 3.42. The van der Waals surface area contributed by atoms with Crippen molar-refractivity contribution in [3.05, 3.63) is 16.1 Å². The molecular formula is C17H32IN5S. The third-order valence-corrected chi connectivity index (χ3v) is 5.14. The fraction of sp³-hybridized carbons (Fsp3) is 0.765. The first-order chi connectivity index (χ1) is 11.1. The van der Waals surface area contributed by atoms with E-state index in [1.165, 1.54) is 25.1 Å². The van der Waals surface area contributed by atoms with Crippen molar-refractivity contribution < 1.29 is 0 Å². The maximum absolute atomic E-state index is 4.69. The van der Waals surface area contributed by atoms with E-state index in [4.69, 9.17) is 4.99 Å². The zero-order valence-electron chi connectivity index (χ0n) is 15.3. The monoisotopic (exact) mass is 465 g/mol. The highest BCUT2D eigenvalue weighted by atomic mass is 127. The summed E-state index contributed by atoms with van der Waals surface area (Å²) in [6, 6.07) is 0.635. The smallest absolute Gasteiger partial charge is 0.191 e. The summed E-state index contributed by atoms with van der Waals surface area (Å²) in [7, 11) is 0. The van der Waals surface area contributed by atoms with Gasteiger partial charge >= 0.3 is 0 Å². The topological polar surface area (TPSA) is 52.6 Å². The van der Waals surface area contributed by atoms with Crippen molar-refractivity contribution >= 4 is 41.3 Å². The van der Waals surface area contributed by atoms with Crippen LogP contribution in [0.5, 0.6) is 0 Å². The molecule has 0 radical (unpaired) electrons. The molecule has 0 aliphatic carbocycles. The summed E-state index contributed by atoms with van der Waals surface area (Å²) in [4.78, 5) is 11.9. The number of aliphatic imine (C=N–C) groups is 1. The van der Waals surface area contributed by atoms with Gasteiger partial charge in [-0.05, 0) is 38.8 Å². The molecule has 0 bridgehead atoms. The van der Waals surface area contributed by atoms with Crippen LogP contribution in [-0.2, 0) is 6.54 Å². The van der Waals surface area contributed by atoms with Crippen LogP contribution in [0.3, 0.4) is 0 Å². The van der Waals surface area contributed by atoms with Gasteiger partial charge < -0.3 is 10.6 Å². The van der Waals surface area contributed by atoms with Crippen LogP contribution in [0.15, 0.2) is 10.4 Å². The zero-order chi connectivity index (χ0) is 16.7. The van der Waals surface area contributed by atoms with Gasteiger partial charge in [0, 0.05) is 24.5 Å². The fourth-order valence-corrected chi connectivity index (χ4v) is 3.79. The average molecular weight is 465 g/mol. The van der Waals surface area contributed by atoms with Gasteiger partial charge in [-0.2, -0.15) is 0 Å². The molecule has 1 atom stereocenters. The molecule has 1 saturated heterocycles.